The smallest absolute Gasteiger partial charge is 0.220 e. The van der Waals surface area contributed by atoms with Crippen molar-refractivity contribution in [1.29, 1.82) is 0 Å². The maximum Gasteiger partial charge on any atom is 0.220 e. The quantitative estimate of drug-likeness (QED) is 0.726. The van der Waals surface area contributed by atoms with E-state index in [2.05, 4.69) is 5.32 Å². The third-order valence-electron chi connectivity index (χ3n) is 4.09. The SMILES string of the molecule is O=C(CCCOc1ccccc1F)NCC(O)C1CCCC1. The van der Waals surface area contributed by atoms with Crippen molar-refractivity contribution in [3.8, 4) is 5.75 Å². The van der Waals surface area contributed by atoms with Gasteiger partial charge in [0.25, 0.3) is 0 Å². The van der Waals surface area contributed by atoms with Crippen LogP contribution >= 0.6 is 0 Å². The summed E-state index contributed by atoms with van der Waals surface area (Å²) in [7, 11) is 0. The topological polar surface area (TPSA) is 58.6 Å². The monoisotopic (exact) mass is 309 g/mol. The Kier molecular flexibility index (Phi) is 6.65. The Labute approximate surface area is 130 Å². The summed E-state index contributed by atoms with van der Waals surface area (Å²) in [6.45, 7) is 0.608. The van der Waals surface area contributed by atoms with E-state index in [0.29, 0.717) is 31.9 Å². The van der Waals surface area contributed by atoms with Gasteiger partial charge in [-0.15, -0.1) is 0 Å². The molecule has 0 aromatic heterocycles. The molecule has 1 aliphatic carbocycles. The van der Waals surface area contributed by atoms with E-state index in [4.69, 9.17) is 4.74 Å². The van der Waals surface area contributed by atoms with Crippen molar-refractivity contribution < 1.29 is 19.0 Å². The maximum absolute atomic E-state index is 13.3. The van der Waals surface area contributed by atoms with Crippen molar-refractivity contribution >= 4 is 5.91 Å². The number of carbonyl (C=O) groups excluding carboxylic acids is 1. The Morgan fingerprint density at radius 1 is 1.36 bits per heavy atom. The molecule has 122 valence electrons. The number of hydrogen-bond acceptors (Lipinski definition) is 3. The molecule has 22 heavy (non-hydrogen) atoms. The molecule has 0 heterocycles. The van der Waals surface area contributed by atoms with Crippen LogP contribution in [-0.4, -0.2) is 30.3 Å². The van der Waals surface area contributed by atoms with E-state index in [1.807, 2.05) is 0 Å². The molecule has 0 radical (unpaired) electrons. The van der Waals surface area contributed by atoms with Crippen LogP contribution in [0.3, 0.4) is 0 Å². The van der Waals surface area contributed by atoms with Crippen LogP contribution in [0.15, 0.2) is 24.3 Å². The number of aliphatic hydroxyl groups excluding tert-OH is 1. The lowest BCUT2D eigenvalue weighted by molar-refractivity contribution is -0.121. The van der Waals surface area contributed by atoms with Crippen LogP contribution in [0.25, 0.3) is 0 Å². The highest BCUT2D eigenvalue weighted by Crippen LogP contribution is 2.27. The van der Waals surface area contributed by atoms with Gasteiger partial charge in [0.1, 0.15) is 0 Å². The molecule has 0 spiro atoms. The first-order valence-corrected chi connectivity index (χ1v) is 7.99. The fourth-order valence-electron chi connectivity index (χ4n) is 2.79. The Balaban J connectivity index is 1.57. The molecule has 0 aliphatic heterocycles. The lowest BCUT2D eigenvalue weighted by atomic mass is 10.0. The van der Waals surface area contributed by atoms with Gasteiger partial charge in [-0.3, -0.25) is 4.79 Å². The maximum atomic E-state index is 13.3. The van der Waals surface area contributed by atoms with Crippen molar-refractivity contribution in [2.75, 3.05) is 13.2 Å². The van der Waals surface area contributed by atoms with Crippen LogP contribution in [-0.2, 0) is 4.79 Å². The van der Waals surface area contributed by atoms with Crippen LogP contribution in [0.5, 0.6) is 5.75 Å². The summed E-state index contributed by atoms with van der Waals surface area (Å²) in [5, 5.41) is 12.7. The molecule has 1 fully saturated rings. The Bertz CT molecular complexity index is 475. The van der Waals surface area contributed by atoms with E-state index >= 15 is 0 Å². The third kappa shape index (κ3) is 5.30. The molecule has 2 rings (SSSR count). The van der Waals surface area contributed by atoms with E-state index in [1.165, 1.54) is 18.9 Å². The molecule has 1 aromatic rings. The highest BCUT2D eigenvalue weighted by molar-refractivity contribution is 5.75. The summed E-state index contributed by atoms with van der Waals surface area (Å²) in [4.78, 5) is 11.7. The van der Waals surface area contributed by atoms with Crippen LogP contribution in [0.1, 0.15) is 38.5 Å². The molecular formula is C17H24FNO3. The summed E-state index contributed by atoms with van der Waals surface area (Å²) in [5.41, 5.74) is 0. The fraction of sp³-hybridized carbons (Fsp3) is 0.588. The molecule has 0 saturated heterocycles. The van der Waals surface area contributed by atoms with Gasteiger partial charge in [-0.05, 0) is 37.3 Å². The number of nitrogens with one attached hydrogen (secondary N) is 1. The minimum Gasteiger partial charge on any atom is -0.491 e. The molecule has 1 unspecified atom stereocenters. The number of amides is 1. The molecule has 5 heteroatoms. The Hall–Kier alpha value is -1.62. The van der Waals surface area contributed by atoms with Crippen LogP contribution < -0.4 is 10.1 Å². The van der Waals surface area contributed by atoms with Crippen molar-refractivity contribution in [1.82, 2.24) is 5.32 Å². The number of halogens is 1. The van der Waals surface area contributed by atoms with Crippen molar-refractivity contribution in [3.63, 3.8) is 0 Å². The number of benzene rings is 1. The van der Waals surface area contributed by atoms with Gasteiger partial charge in [-0.25, -0.2) is 4.39 Å². The zero-order valence-corrected chi connectivity index (χ0v) is 12.8. The van der Waals surface area contributed by atoms with Gasteiger partial charge in [0.2, 0.25) is 5.91 Å². The predicted molar refractivity (Wildman–Crippen MR) is 82.1 cm³/mol. The Morgan fingerprint density at radius 2 is 2.09 bits per heavy atom. The molecule has 1 aromatic carbocycles. The van der Waals surface area contributed by atoms with Crippen molar-refractivity contribution in [2.24, 2.45) is 5.92 Å². The number of ether oxygens (including phenoxy) is 1. The summed E-state index contributed by atoms with van der Waals surface area (Å²) in [6, 6.07) is 6.21. The van der Waals surface area contributed by atoms with E-state index < -0.39 is 11.9 Å². The third-order valence-corrected chi connectivity index (χ3v) is 4.09. The van der Waals surface area contributed by atoms with Gasteiger partial charge in [-0.1, -0.05) is 25.0 Å². The second-order valence-electron chi connectivity index (χ2n) is 5.80. The standard InChI is InChI=1S/C17H24FNO3/c18-14-8-3-4-9-16(14)22-11-5-10-17(21)19-12-15(20)13-6-1-2-7-13/h3-4,8-9,13,15,20H,1-2,5-7,10-12H2,(H,19,21). The van der Waals surface area contributed by atoms with Gasteiger partial charge >= 0.3 is 0 Å². The molecule has 2 N–H and O–H groups in total. The number of hydrogen-bond donors (Lipinski definition) is 2. The van der Waals surface area contributed by atoms with Gasteiger partial charge < -0.3 is 15.2 Å². The van der Waals surface area contributed by atoms with E-state index in [9.17, 15) is 14.3 Å². The van der Waals surface area contributed by atoms with E-state index in [-0.39, 0.29) is 11.7 Å². The minimum atomic E-state index is -0.443. The molecule has 1 aliphatic rings. The summed E-state index contributed by atoms with van der Waals surface area (Å²) in [5.74, 6) is 0.0325. The predicted octanol–water partition coefficient (Wildman–Crippen LogP) is 2.65. The lowest BCUT2D eigenvalue weighted by Crippen LogP contribution is -2.35. The lowest BCUT2D eigenvalue weighted by Gasteiger charge is -2.18. The summed E-state index contributed by atoms with van der Waals surface area (Å²) in [6.07, 6.45) is 4.82. The molecule has 0 bridgehead atoms. The second kappa shape index (κ2) is 8.73. The van der Waals surface area contributed by atoms with Gasteiger partial charge in [0.05, 0.1) is 12.7 Å². The number of carbonyl (C=O) groups is 1. The molecule has 1 amide bonds. The molecule has 1 saturated carbocycles. The zero-order valence-electron chi connectivity index (χ0n) is 12.8. The first-order chi connectivity index (χ1) is 10.7. The van der Waals surface area contributed by atoms with Crippen LogP contribution in [0.2, 0.25) is 0 Å². The van der Waals surface area contributed by atoms with E-state index in [0.717, 1.165) is 12.8 Å². The normalized spacial score (nSPS) is 16.5. The van der Waals surface area contributed by atoms with Crippen LogP contribution in [0, 0.1) is 11.7 Å². The highest BCUT2D eigenvalue weighted by atomic mass is 19.1. The molecule has 1 atom stereocenters. The number of aliphatic hydroxyl groups is 1. The fourth-order valence-corrected chi connectivity index (χ4v) is 2.79. The van der Waals surface area contributed by atoms with Crippen molar-refractivity contribution in [2.45, 2.75) is 44.6 Å². The van der Waals surface area contributed by atoms with Gasteiger partial charge in [0, 0.05) is 13.0 Å². The molecule has 4 nitrogen and oxygen atoms in total. The summed E-state index contributed by atoms with van der Waals surface area (Å²) >= 11 is 0. The first-order valence-electron chi connectivity index (χ1n) is 7.99. The van der Waals surface area contributed by atoms with Crippen molar-refractivity contribution in [3.05, 3.63) is 30.1 Å². The highest BCUT2D eigenvalue weighted by Gasteiger charge is 2.23. The zero-order chi connectivity index (χ0) is 15.8. The largest absolute Gasteiger partial charge is 0.491 e. The first kappa shape index (κ1) is 16.7. The minimum absolute atomic E-state index is 0.103. The molecular weight excluding hydrogens is 285 g/mol. The number of para-hydroxylation sites is 1. The number of rotatable bonds is 8. The average molecular weight is 309 g/mol. The average Bonchev–Trinajstić information content (AvgIpc) is 3.05. The second-order valence-corrected chi connectivity index (χ2v) is 5.80. The van der Waals surface area contributed by atoms with Gasteiger partial charge in [-0.2, -0.15) is 0 Å². The van der Waals surface area contributed by atoms with Gasteiger partial charge in [0.15, 0.2) is 11.6 Å². The van der Waals surface area contributed by atoms with Crippen LogP contribution in [0.4, 0.5) is 4.39 Å². The Morgan fingerprint density at radius 3 is 2.82 bits per heavy atom. The summed E-state index contributed by atoms with van der Waals surface area (Å²) < 4.78 is 18.6. The van der Waals surface area contributed by atoms with E-state index in [1.54, 1.807) is 18.2 Å².